The first-order chi connectivity index (χ1) is 19.2. The molecule has 5 rings (SSSR count). The monoisotopic (exact) mass is 536 g/mol. The zero-order valence-corrected chi connectivity index (χ0v) is 22.7. The van der Waals surface area contributed by atoms with Gasteiger partial charge in [0.25, 0.3) is 0 Å². The highest BCUT2D eigenvalue weighted by Gasteiger charge is 2.70. The number of rotatable bonds is 8. The summed E-state index contributed by atoms with van der Waals surface area (Å²) in [6, 6.07) is 23.1. The molecule has 2 aliphatic heterocycles. The summed E-state index contributed by atoms with van der Waals surface area (Å²) in [7, 11) is 0. The molecule has 0 aromatic heterocycles. The molecule has 40 heavy (non-hydrogen) atoms. The topological polar surface area (TPSA) is 104 Å². The number of nitrogens with one attached hydrogen (secondary N) is 1. The molecule has 2 N–H and O–H groups in total. The minimum Gasteiger partial charge on any atom is -0.480 e. The van der Waals surface area contributed by atoms with E-state index in [9.17, 15) is 24.3 Å². The second-order valence-electron chi connectivity index (χ2n) is 10.6. The van der Waals surface area contributed by atoms with Gasteiger partial charge in [-0.25, -0.2) is 4.90 Å². The molecule has 2 aliphatic rings. The maximum absolute atomic E-state index is 13.9. The molecule has 2 fully saturated rings. The number of carboxylic acids is 1. The van der Waals surface area contributed by atoms with Crippen LogP contribution in [0, 0.1) is 17.8 Å². The fourth-order valence-corrected chi connectivity index (χ4v) is 6.08. The minimum atomic E-state index is -1.61. The van der Waals surface area contributed by atoms with E-state index in [0.29, 0.717) is 17.7 Å². The number of nitrogens with zero attached hydrogens (tertiary/aromatic N) is 1. The number of ketones is 1. The Bertz CT molecular complexity index is 1480. The molecule has 0 bridgehead atoms. The van der Waals surface area contributed by atoms with Crippen molar-refractivity contribution < 1.29 is 24.3 Å². The third-order valence-corrected chi connectivity index (χ3v) is 8.43. The number of hydrogen-bond acceptors (Lipinski definition) is 5. The van der Waals surface area contributed by atoms with Crippen molar-refractivity contribution in [2.24, 2.45) is 17.8 Å². The van der Waals surface area contributed by atoms with E-state index < -0.39 is 47.1 Å². The maximum atomic E-state index is 13.9. The number of imide groups is 1. The van der Waals surface area contributed by atoms with Crippen LogP contribution in [-0.2, 0) is 14.4 Å². The largest absolute Gasteiger partial charge is 0.480 e. The summed E-state index contributed by atoms with van der Waals surface area (Å²) < 4.78 is 0. The quantitative estimate of drug-likeness (QED) is 0.228. The summed E-state index contributed by atoms with van der Waals surface area (Å²) in [4.78, 5) is 53.7. The number of anilines is 1. The summed E-state index contributed by atoms with van der Waals surface area (Å²) in [6.45, 7) is 5.13. The molecule has 0 radical (unpaired) electrons. The molecule has 7 heteroatoms. The van der Waals surface area contributed by atoms with Crippen LogP contribution in [0.4, 0.5) is 5.69 Å². The lowest BCUT2D eigenvalue weighted by Gasteiger charge is -2.36. The Labute approximate surface area is 233 Å². The van der Waals surface area contributed by atoms with E-state index in [-0.39, 0.29) is 5.78 Å². The number of benzene rings is 3. The van der Waals surface area contributed by atoms with Crippen LogP contribution in [-0.4, -0.2) is 34.2 Å². The molecule has 5 atom stereocenters. The van der Waals surface area contributed by atoms with Crippen molar-refractivity contribution in [3.63, 3.8) is 0 Å². The van der Waals surface area contributed by atoms with Gasteiger partial charge < -0.3 is 5.11 Å². The molecule has 0 aliphatic carbocycles. The molecule has 2 heterocycles. The van der Waals surface area contributed by atoms with Gasteiger partial charge in [-0.15, -0.1) is 0 Å². The molecule has 204 valence electrons. The molecule has 3 aromatic rings. The lowest BCUT2D eigenvalue weighted by atomic mass is 9.72. The average molecular weight is 537 g/mol. The van der Waals surface area contributed by atoms with Gasteiger partial charge in [-0.05, 0) is 53.8 Å². The fraction of sp³-hybridized carbons (Fsp3) is 0.273. The van der Waals surface area contributed by atoms with Crippen LogP contribution < -0.4 is 10.2 Å². The van der Waals surface area contributed by atoms with E-state index in [1.807, 2.05) is 73.7 Å². The van der Waals surface area contributed by atoms with Crippen LogP contribution in [0.15, 0.2) is 78.9 Å². The number of hydrogen-bond donors (Lipinski definition) is 2. The van der Waals surface area contributed by atoms with E-state index in [0.717, 1.165) is 21.6 Å². The molecular weight excluding hydrogens is 504 g/mol. The molecule has 7 nitrogen and oxygen atoms in total. The SMILES string of the molecule is CCC(C)C1(C(=O)O)NC(c2ccc(/C=C/c3ccccc3)cc2)C2C(=O)N(c3ccc(C(C)=O)cc3)C(=O)C21. The van der Waals surface area contributed by atoms with Crippen LogP contribution >= 0.6 is 0 Å². The lowest BCUT2D eigenvalue weighted by Crippen LogP contribution is -2.59. The van der Waals surface area contributed by atoms with Gasteiger partial charge in [-0.1, -0.05) is 87.0 Å². The Morgan fingerprint density at radius 1 is 0.925 bits per heavy atom. The van der Waals surface area contributed by atoms with Gasteiger partial charge in [0.05, 0.1) is 17.5 Å². The second kappa shape index (κ2) is 10.7. The summed E-state index contributed by atoms with van der Waals surface area (Å²) in [5, 5.41) is 13.8. The highest BCUT2D eigenvalue weighted by Crippen LogP contribution is 2.52. The van der Waals surface area contributed by atoms with E-state index in [1.165, 1.54) is 6.92 Å². The highest BCUT2D eigenvalue weighted by atomic mass is 16.4. The van der Waals surface area contributed by atoms with Crippen molar-refractivity contribution in [1.82, 2.24) is 5.32 Å². The fourth-order valence-electron chi connectivity index (χ4n) is 6.08. The number of carbonyl (C=O) groups excluding carboxylic acids is 3. The zero-order chi connectivity index (χ0) is 28.6. The van der Waals surface area contributed by atoms with Crippen LogP contribution in [0.25, 0.3) is 12.2 Å². The summed E-state index contributed by atoms with van der Waals surface area (Å²) >= 11 is 0. The number of aliphatic carboxylic acids is 1. The van der Waals surface area contributed by atoms with Crippen LogP contribution in [0.2, 0.25) is 0 Å². The van der Waals surface area contributed by atoms with Gasteiger partial charge in [0, 0.05) is 11.6 Å². The molecule has 0 spiro atoms. The summed E-state index contributed by atoms with van der Waals surface area (Å²) in [6.07, 6.45) is 4.50. The molecule has 3 aromatic carbocycles. The first kappa shape index (κ1) is 27.2. The maximum Gasteiger partial charge on any atom is 0.325 e. The van der Waals surface area contributed by atoms with Gasteiger partial charge in [-0.2, -0.15) is 0 Å². The van der Waals surface area contributed by atoms with Crippen LogP contribution in [0.3, 0.4) is 0 Å². The highest BCUT2D eigenvalue weighted by molar-refractivity contribution is 6.24. The van der Waals surface area contributed by atoms with Crippen molar-refractivity contribution in [3.8, 4) is 0 Å². The average Bonchev–Trinajstić information content (AvgIpc) is 3.46. The Hall–Kier alpha value is -4.36. The van der Waals surface area contributed by atoms with Crippen molar-refractivity contribution >= 4 is 41.4 Å². The van der Waals surface area contributed by atoms with E-state index >= 15 is 0 Å². The van der Waals surface area contributed by atoms with Gasteiger partial charge in [0.1, 0.15) is 5.54 Å². The van der Waals surface area contributed by atoms with E-state index in [2.05, 4.69) is 5.32 Å². The Balaban J connectivity index is 1.53. The Kier molecular flexibility index (Phi) is 7.25. The van der Waals surface area contributed by atoms with Crippen molar-refractivity contribution in [1.29, 1.82) is 0 Å². The minimum absolute atomic E-state index is 0.129. The van der Waals surface area contributed by atoms with Crippen LogP contribution in [0.1, 0.15) is 60.3 Å². The van der Waals surface area contributed by atoms with Gasteiger partial charge in [0.15, 0.2) is 5.78 Å². The number of fused-ring (bicyclic) bond motifs is 1. The predicted octanol–water partition coefficient (Wildman–Crippen LogP) is 5.38. The van der Waals surface area contributed by atoms with Gasteiger partial charge in [0.2, 0.25) is 11.8 Å². The van der Waals surface area contributed by atoms with Crippen molar-refractivity contribution in [2.45, 2.75) is 38.8 Å². The van der Waals surface area contributed by atoms with Crippen molar-refractivity contribution in [2.75, 3.05) is 4.90 Å². The first-order valence-electron chi connectivity index (χ1n) is 13.5. The molecule has 5 unspecified atom stereocenters. The zero-order valence-electron chi connectivity index (χ0n) is 22.7. The lowest BCUT2D eigenvalue weighted by molar-refractivity contribution is -0.151. The third kappa shape index (κ3) is 4.46. The summed E-state index contributed by atoms with van der Waals surface area (Å²) in [5.74, 6) is -4.65. The standard InChI is InChI=1S/C33H32N2O5/c1-4-20(2)33(32(39)40)28-27(30(37)35(31(28)38)26-18-16-24(17-19-26)21(3)36)29(34-33)25-14-12-23(13-15-25)11-10-22-8-6-5-7-9-22/h5-20,27-29,34H,4H2,1-3H3,(H,39,40)/b11-10+. The molecule has 0 saturated carbocycles. The van der Waals surface area contributed by atoms with E-state index in [1.54, 1.807) is 31.2 Å². The normalized spacial score (nSPS) is 24.9. The van der Waals surface area contributed by atoms with Crippen molar-refractivity contribution in [3.05, 3.63) is 101 Å². The Morgan fingerprint density at radius 2 is 1.52 bits per heavy atom. The molecule has 2 amide bonds. The predicted molar refractivity (Wildman–Crippen MR) is 153 cm³/mol. The second-order valence-corrected chi connectivity index (χ2v) is 10.6. The smallest absolute Gasteiger partial charge is 0.325 e. The number of carbonyl (C=O) groups is 4. The summed E-state index contributed by atoms with van der Waals surface area (Å²) in [5.41, 5.74) is 1.94. The number of amides is 2. The molecular formula is C33H32N2O5. The Morgan fingerprint density at radius 3 is 2.08 bits per heavy atom. The van der Waals surface area contributed by atoms with E-state index in [4.69, 9.17) is 0 Å². The van der Waals surface area contributed by atoms with Crippen LogP contribution in [0.5, 0.6) is 0 Å². The molecule has 2 saturated heterocycles. The number of carboxylic acid groups (broad SMARTS) is 1. The third-order valence-electron chi connectivity index (χ3n) is 8.43. The first-order valence-corrected chi connectivity index (χ1v) is 13.5. The van der Waals surface area contributed by atoms with Gasteiger partial charge in [-0.3, -0.25) is 24.5 Å². The number of Topliss-reactive ketones (excluding diaryl/α,β-unsaturated/α-hetero) is 1. The van der Waals surface area contributed by atoms with Gasteiger partial charge >= 0.3 is 5.97 Å².